The molecule has 0 spiro atoms. The molecule has 12 heavy (non-hydrogen) atoms. The van der Waals surface area contributed by atoms with Gasteiger partial charge < -0.3 is 4.74 Å². The second-order valence-corrected chi connectivity index (χ2v) is 6.12. The maximum absolute atomic E-state index is 5.46. The fraction of sp³-hybridized carbons (Fsp3) is 1.00. The average molecular weight is 224 g/mol. The van der Waals surface area contributed by atoms with Crippen LogP contribution in [0.3, 0.4) is 0 Å². The summed E-state index contributed by atoms with van der Waals surface area (Å²) in [5, 5.41) is 0. The van der Waals surface area contributed by atoms with Gasteiger partial charge in [0.05, 0.1) is 13.2 Å². The number of rotatable bonds is 0. The molecule has 0 aliphatic carbocycles. The molecule has 72 valence electrons. The maximum Gasteiger partial charge on any atom is 0.0557 e. The van der Waals surface area contributed by atoms with Crippen LogP contribution >= 0.6 is 35.3 Å². The maximum atomic E-state index is 5.46. The van der Waals surface area contributed by atoms with Crippen LogP contribution in [-0.2, 0) is 4.74 Å². The molecule has 0 radical (unpaired) electrons. The first-order chi connectivity index (χ1) is 6.00. The van der Waals surface area contributed by atoms with E-state index >= 15 is 0 Å². The molecule has 0 saturated carbocycles. The Balaban J connectivity index is 2.00. The third-order valence-electron chi connectivity index (χ3n) is 1.49. The SMILES string of the molecule is C1CSCCSCCSCCO1. The van der Waals surface area contributed by atoms with Crippen LogP contribution in [0.5, 0.6) is 0 Å². The molecule has 1 rings (SSSR count). The van der Waals surface area contributed by atoms with E-state index in [-0.39, 0.29) is 0 Å². The Morgan fingerprint density at radius 3 is 1.50 bits per heavy atom. The van der Waals surface area contributed by atoms with Gasteiger partial charge in [0.15, 0.2) is 0 Å². The normalized spacial score (nSPS) is 24.0. The van der Waals surface area contributed by atoms with Gasteiger partial charge in [-0.05, 0) is 0 Å². The summed E-state index contributed by atoms with van der Waals surface area (Å²) in [5.41, 5.74) is 0. The molecular weight excluding hydrogens is 208 g/mol. The number of ether oxygens (including phenoxy) is 1. The molecule has 4 heteroatoms. The number of hydrogen-bond donors (Lipinski definition) is 0. The highest BCUT2D eigenvalue weighted by atomic mass is 32.2. The van der Waals surface area contributed by atoms with E-state index in [0.29, 0.717) is 0 Å². The molecule has 1 aliphatic rings. The molecule has 0 aromatic carbocycles. The van der Waals surface area contributed by atoms with Gasteiger partial charge in [-0.3, -0.25) is 0 Å². The van der Waals surface area contributed by atoms with E-state index in [1.807, 2.05) is 23.5 Å². The molecular formula is C8H16OS3. The lowest BCUT2D eigenvalue weighted by Gasteiger charge is -2.06. The van der Waals surface area contributed by atoms with Crippen LogP contribution in [-0.4, -0.2) is 47.7 Å². The van der Waals surface area contributed by atoms with Gasteiger partial charge in [0, 0.05) is 34.5 Å². The van der Waals surface area contributed by atoms with E-state index in [9.17, 15) is 0 Å². The molecule has 1 nitrogen and oxygen atoms in total. The zero-order chi connectivity index (χ0) is 8.49. The lowest BCUT2D eigenvalue weighted by atomic mass is 10.8. The van der Waals surface area contributed by atoms with E-state index in [1.165, 1.54) is 34.5 Å². The Morgan fingerprint density at radius 1 is 0.583 bits per heavy atom. The van der Waals surface area contributed by atoms with Gasteiger partial charge in [0.1, 0.15) is 0 Å². The van der Waals surface area contributed by atoms with Crippen molar-refractivity contribution in [3.05, 3.63) is 0 Å². The topological polar surface area (TPSA) is 9.23 Å². The molecule has 0 atom stereocenters. The molecule has 0 N–H and O–H groups in total. The molecule has 0 amide bonds. The van der Waals surface area contributed by atoms with Crippen LogP contribution < -0.4 is 0 Å². The predicted octanol–water partition coefficient (Wildman–Crippen LogP) is 2.22. The van der Waals surface area contributed by atoms with Gasteiger partial charge in [-0.2, -0.15) is 35.3 Å². The van der Waals surface area contributed by atoms with Crippen LogP contribution in [0.1, 0.15) is 0 Å². The third kappa shape index (κ3) is 6.52. The fourth-order valence-electron chi connectivity index (χ4n) is 0.880. The molecule has 1 fully saturated rings. The molecule has 1 aliphatic heterocycles. The smallest absolute Gasteiger partial charge is 0.0557 e. The summed E-state index contributed by atoms with van der Waals surface area (Å²) in [5.74, 6) is 7.55. The van der Waals surface area contributed by atoms with Crippen LogP contribution in [0.4, 0.5) is 0 Å². The highest BCUT2D eigenvalue weighted by molar-refractivity contribution is 8.04. The Morgan fingerprint density at radius 2 is 1.00 bits per heavy atom. The van der Waals surface area contributed by atoms with Crippen molar-refractivity contribution in [2.75, 3.05) is 47.7 Å². The van der Waals surface area contributed by atoms with Crippen molar-refractivity contribution in [2.24, 2.45) is 0 Å². The summed E-state index contributed by atoms with van der Waals surface area (Å²) < 4.78 is 5.46. The van der Waals surface area contributed by atoms with Gasteiger partial charge in [-0.15, -0.1) is 0 Å². The number of hydrogen-bond acceptors (Lipinski definition) is 4. The minimum atomic E-state index is 0.940. The van der Waals surface area contributed by atoms with Crippen LogP contribution in [0.15, 0.2) is 0 Å². The van der Waals surface area contributed by atoms with E-state index < -0.39 is 0 Å². The average Bonchev–Trinajstić information content (AvgIpc) is 2.05. The first-order valence-corrected chi connectivity index (χ1v) is 7.77. The van der Waals surface area contributed by atoms with Crippen LogP contribution in [0.2, 0.25) is 0 Å². The molecule has 0 unspecified atom stereocenters. The molecule has 0 bridgehead atoms. The van der Waals surface area contributed by atoms with Crippen molar-refractivity contribution >= 4 is 35.3 Å². The summed E-state index contributed by atoms with van der Waals surface area (Å²) in [6, 6.07) is 0. The van der Waals surface area contributed by atoms with E-state index in [2.05, 4.69) is 11.8 Å². The predicted molar refractivity (Wildman–Crippen MR) is 62.8 cm³/mol. The van der Waals surface area contributed by atoms with E-state index in [0.717, 1.165) is 13.2 Å². The Bertz CT molecular complexity index is 57.3. The summed E-state index contributed by atoms with van der Waals surface area (Å²) in [4.78, 5) is 0. The van der Waals surface area contributed by atoms with Crippen molar-refractivity contribution in [3.8, 4) is 0 Å². The first kappa shape index (κ1) is 11.1. The fourth-order valence-corrected chi connectivity index (χ4v) is 3.85. The summed E-state index contributed by atoms with van der Waals surface area (Å²) >= 11 is 6.12. The van der Waals surface area contributed by atoms with Crippen molar-refractivity contribution < 1.29 is 4.74 Å². The minimum absolute atomic E-state index is 0.940. The largest absolute Gasteiger partial charge is 0.380 e. The number of thioether (sulfide) groups is 3. The van der Waals surface area contributed by atoms with Crippen LogP contribution in [0.25, 0.3) is 0 Å². The first-order valence-electron chi connectivity index (χ1n) is 4.31. The van der Waals surface area contributed by atoms with E-state index in [1.54, 1.807) is 0 Å². The van der Waals surface area contributed by atoms with Crippen molar-refractivity contribution in [2.45, 2.75) is 0 Å². The Kier molecular flexibility index (Phi) is 7.95. The summed E-state index contributed by atoms with van der Waals surface area (Å²) in [6.07, 6.45) is 0. The zero-order valence-electron chi connectivity index (χ0n) is 7.29. The molecule has 1 heterocycles. The van der Waals surface area contributed by atoms with E-state index in [4.69, 9.17) is 4.74 Å². The summed E-state index contributed by atoms with van der Waals surface area (Å²) in [7, 11) is 0. The zero-order valence-corrected chi connectivity index (χ0v) is 9.74. The van der Waals surface area contributed by atoms with Crippen molar-refractivity contribution in [1.29, 1.82) is 0 Å². The Hall–Kier alpha value is 1.01. The van der Waals surface area contributed by atoms with Gasteiger partial charge in [0.2, 0.25) is 0 Å². The van der Waals surface area contributed by atoms with Crippen molar-refractivity contribution in [1.82, 2.24) is 0 Å². The monoisotopic (exact) mass is 224 g/mol. The standard InChI is InChI=1S/C8H16OS3/c1-3-10-5-7-12-8-6-11-4-2-9-1/h1-8H2. The van der Waals surface area contributed by atoms with Gasteiger partial charge in [-0.25, -0.2) is 0 Å². The third-order valence-corrected chi connectivity index (χ3v) is 4.89. The van der Waals surface area contributed by atoms with Gasteiger partial charge >= 0.3 is 0 Å². The minimum Gasteiger partial charge on any atom is -0.380 e. The molecule has 0 aromatic rings. The van der Waals surface area contributed by atoms with Crippen molar-refractivity contribution in [3.63, 3.8) is 0 Å². The summed E-state index contributed by atoms with van der Waals surface area (Å²) in [6.45, 7) is 1.88. The van der Waals surface area contributed by atoms with Crippen LogP contribution in [0, 0.1) is 0 Å². The quantitative estimate of drug-likeness (QED) is 0.623. The lowest BCUT2D eigenvalue weighted by Crippen LogP contribution is -2.04. The van der Waals surface area contributed by atoms with Gasteiger partial charge in [0.25, 0.3) is 0 Å². The highest BCUT2D eigenvalue weighted by Gasteiger charge is 1.96. The second kappa shape index (κ2) is 8.60. The molecule has 0 aromatic heterocycles. The lowest BCUT2D eigenvalue weighted by molar-refractivity contribution is 0.167. The Labute approximate surface area is 87.8 Å². The highest BCUT2D eigenvalue weighted by Crippen LogP contribution is 2.11. The van der Waals surface area contributed by atoms with Gasteiger partial charge in [-0.1, -0.05) is 0 Å². The second-order valence-electron chi connectivity index (χ2n) is 2.45. The molecule has 1 saturated heterocycles.